The molecule has 11 nitrogen and oxygen atoms in total. The number of para-hydroxylation sites is 1. The topological polar surface area (TPSA) is 157 Å². The van der Waals surface area contributed by atoms with Crippen molar-refractivity contribution in [2.24, 2.45) is 0 Å². The van der Waals surface area contributed by atoms with Crippen LogP contribution in [0.2, 0.25) is 0 Å². The van der Waals surface area contributed by atoms with E-state index in [0.717, 1.165) is 11.6 Å². The van der Waals surface area contributed by atoms with Crippen LogP contribution in [0.15, 0.2) is 103 Å². The number of carbonyl (C=O) groups is 4. The number of methoxy groups -OCH3 is 1. The average molecular weight is 663 g/mol. The lowest BCUT2D eigenvalue weighted by molar-refractivity contribution is -0.388. The van der Waals surface area contributed by atoms with Crippen LogP contribution in [0.3, 0.4) is 0 Å². The van der Waals surface area contributed by atoms with Crippen LogP contribution in [0, 0.1) is 10.1 Å². The Morgan fingerprint density at radius 1 is 0.771 bits per heavy atom. The van der Waals surface area contributed by atoms with E-state index in [-0.39, 0.29) is 24.1 Å². The summed E-state index contributed by atoms with van der Waals surface area (Å²) in [5.41, 5.74) is -2.20. The van der Waals surface area contributed by atoms with Gasteiger partial charge in [0.05, 0.1) is 23.3 Å². The quantitative estimate of drug-likeness (QED) is 0.108. The van der Waals surface area contributed by atoms with Crippen molar-refractivity contribution in [1.29, 1.82) is 0 Å². The van der Waals surface area contributed by atoms with Crippen molar-refractivity contribution in [2.75, 3.05) is 12.4 Å². The predicted molar refractivity (Wildman–Crippen MR) is 168 cm³/mol. The average Bonchev–Trinajstić information content (AvgIpc) is 3.07. The van der Waals surface area contributed by atoms with Gasteiger partial charge in [-0.2, -0.15) is 13.2 Å². The molecule has 3 N–H and O–H groups in total. The van der Waals surface area contributed by atoms with Crippen molar-refractivity contribution in [3.05, 3.63) is 141 Å². The van der Waals surface area contributed by atoms with Crippen LogP contribution < -0.4 is 16.0 Å². The summed E-state index contributed by atoms with van der Waals surface area (Å²) in [6, 6.07) is 22.7. The molecule has 0 saturated carbocycles. The minimum Gasteiger partial charge on any atom is -0.467 e. The highest BCUT2D eigenvalue weighted by molar-refractivity contribution is 6.09. The number of esters is 1. The lowest BCUT2D eigenvalue weighted by Crippen LogP contribution is -2.53. The van der Waals surface area contributed by atoms with E-state index in [1.54, 1.807) is 60.7 Å². The molecule has 0 aromatic heterocycles. The van der Waals surface area contributed by atoms with Gasteiger partial charge in [-0.1, -0.05) is 72.8 Å². The van der Waals surface area contributed by atoms with Crippen molar-refractivity contribution in [3.63, 3.8) is 0 Å². The molecule has 2 atom stereocenters. The Hall–Kier alpha value is -6.05. The van der Waals surface area contributed by atoms with Gasteiger partial charge in [0.25, 0.3) is 17.5 Å². The van der Waals surface area contributed by atoms with Crippen LogP contribution in [-0.2, 0) is 33.3 Å². The van der Waals surface area contributed by atoms with Crippen molar-refractivity contribution >= 4 is 35.1 Å². The van der Waals surface area contributed by atoms with Gasteiger partial charge >= 0.3 is 12.1 Å². The molecular weight excluding hydrogens is 633 g/mol. The van der Waals surface area contributed by atoms with E-state index >= 15 is 0 Å². The van der Waals surface area contributed by atoms with Gasteiger partial charge in [0.2, 0.25) is 5.91 Å². The second kappa shape index (κ2) is 15.5. The molecule has 4 rings (SSSR count). The van der Waals surface area contributed by atoms with E-state index in [1.807, 2.05) is 0 Å². The number of nitro benzene ring substituents is 1. The minimum absolute atomic E-state index is 0.00911. The van der Waals surface area contributed by atoms with Gasteiger partial charge in [0.15, 0.2) is 0 Å². The highest BCUT2D eigenvalue weighted by Crippen LogP contribution is 2.36. The summed E-state index contributed by atoms with van der Waals surface area (Å²) >= 11 is 0. The Bertz CT molecular complexity index is 1800. The maximum atomic E-state index is 13.6. The maximum Gasteiger partial charge on any atom is 0.423 e. The van der Waals surface area contributed by atoms with Gasteiger partial charge in [0.1, 0.15) is 17.6 Å². The number of rotatable bonds is 12. The molecule has 0 unspecified atom stereocenters. The standard InChI is InChI=1S/C34H29F3N4O7/c1-48-33(45)28(19-22-12-6-3-7-13-22)40-32(44)27(18-21-10-4-2-5-11-21)39-31(43)24-14-8-9-15-26(24)38-30(42)23-16-17-29(41(46)47)25(20-23)34(35,36)37/h2-17,20,27-28H,18-19H2,1H3,(H,38,42)(H,39,43)(H,40,44)/t27-,28-/m0/s1. The van der Waals surface area contributed by atoms with Gasteiger partial charge in [0, 0.05) is 24.5 Å². The van der Waals surface area contributed by atoms with Gasteiger partial charge in [-0.15, -0.1) is 0 Å². The van der Waals surface area contributed by atoms with Gasteiger partial charge in [-0.3, -0.25) is 24.5 Å². The third-order valence-corrected chi connectivity index (χ3v) is 7.17. The van der Waals surface area contributed by atoms with Crippen LogP contribution in [-0.4, -0.2) is 47.8 Å². The fourth-order valence-corrected chi connectivity index (χ4v) is 4.80. The Labute approximate surface area is 272 Å². The summed E-state index contributed by atoms with van der Waals surface area (Å²) < 4.78 is 45.4. The number of nitrogens with zero attached hydrogens (tertiary/aromatic N) is 1. The minimum atomic E-state index is -5.11. The van der Waals surface area contributed by atoms with Crippen molar-refractivity contribution in [1.82, 2.24) is 10.6 Å². The first-order valence-corrected chi connectivity index (χ1v) is 14.4. The van der Waals surface area contributed by atoms with Crippen LogP contribution in [0.5, 0.6) is 0 Å². The monoisotopic (exact) mass is 662 g/mol. The van der Waals surface area contributed by atoms with Crippen molar-refractivity contribution in [2.45, 2.75) is 31.1 Å². The smallest absolute Gasteiger partial charge is 0.423 e. The number of hydrogen-bond acceptors (Lipinski definition) is 7. The van der Waals surface area contributed by atoms with Crippen molar-refractivity contribution in [3.8, 4) is 0 Å². The van der Waals surface area contributed by atoms with E-state index in [1.165, 1.54) is 31.4 Å². The predicted octanol–water partition coefficient (Wildman–Crippen LogP) is 5.11. The molecule has 14 heteroatoms. The molecule has 3 amide bonds. The van der Waals surface area contributed by atoms with Crippen LogP contribution in [0.1, 0.15) is 37.4 Å². The van der Waals surface area contributed by atoms with Crippen LogP contribution in [0.25, 0.3) is 0 Å². The molecule has 0 aliphatic rings. The second-order valence-electron chi connectivity index (χ2n) is 10.5. The molecule has 4 aromatic rings. The summed E-state index contributed by atoms with van der Waals surface area (Å²) in [5.74, 6) is -3.30. The molecule has 4 aromatic carbocycles. The Morgan fingerprint density at radius 2 is 1.33 bits per heavy atom. The summed E-state index contributed by atoms with van der Waals surface area (Å²) in [6.45, 7) is 0. The van der Waals surface area contributed by atoms with Gasteiger partial charge in [-0.25, -0.2) is 4.79 Å². The fraction of sp³-hybridized carbons (Fsp3) is 0.176. The first-order valence-electron chi connectivity index (χ1n) is 14.4. The number of ether oxygens (including phenoxy) is 1. The highest BCUT2D eigenvalue weighted by Gasteiger charge is 2.39. The number of nitro groups is 1. The Morgan fingerprint density at radius 3 is 1.90 bits per heavy atom. The summed E-state index contributed by atoms with van der Waals surface area (Å²) in [4.78, 5) is 62.7. The zero-order chi connectivity index (χ0) is 34.8. The van der Waals surface area contributed by atoms with E-state index in [4.69, 9.17) is 4.74 Å². The third-order valence-electron chi connectivity index (χ3n) is 7.17. The molecule has 0 bridgehead atoms. The molecule has 48 heavy (non-hydrogen) atoms. The molecule has 0 heterocycles. The molecule has 0 aliphatic carbocycles. The lowest BCUT2D eigenvalue weighted by atomic mass is 10.0. The highest BCUT2D eigenvalue weighted by atomic mass is 19.4. The number of anilines is 1. The molecule has 0 saturated heterocycles. The molecular formula is C34H29F3N4O7. The fourth-order valence-electron chi connectivity index (χ4n) is 4.80. The van der Waals surface area contributed by atoms with Crippen molar-refractivity contribution < 1.29 is 42.0 Å². The summed E-state index contributed by atoms with van der Waals surface area (Å²) in [6.07, 6.45) is -4.99. The SMILES string of the molecule is COC(=O)[C@H](Cc1ccccc1)NC(=O)[C@H](Cc1ccccc1)NC(=O)c1ccccc1NC(=O)c1ccc([N+](=O)[O-])c(C(F)(F)F)c1. The number of halogens is 3. The number of nitrogens with one attached hydrogen (secondary N) is 3. The first kappa shape index (κ1) is 34.8. The third kappa shape index (κ3) is 9.02. The number of benzene rings is 4. The molecule has 0 radical (unpaired) electrons. The molecule has 0 fully saturated rings. The number of amides is 3. The van der Waals surface area contributed by atoms with Crippen LogP contribution >= 0.6 is 0 Å². The number of carbonyl (C=O) groups excluding carboxylic acids is 4. The molecule has 0 aliphatic heterocycles. The van der Waals surface area contributed by atoms with E-state index in [2.05, 4.69) is 16.0 Å². The van der Waals surface area contributed by atoms with E-state index < -0.39 is 63.7 Å². The summed E-state index contributed by atoms with van der Waals surface area (Å²) in [5, 5.41) is 18.8. The molecule has 0 spiro atoms. The van der Waals surface area contributed by atoms with E-state index in [9.17, 15) is 42.5 Å². The van der Waals surface area contributed by atoms with E-state index in [0.29, 0.717) is 17.7 Å². The van der Waals surface area contributed by atoms with Gasteiger partial charge in [-0.05, 0) is 35.4 Å². The Kier molecular flexibility index (Phi) is 11.2. The zero-order valence-corrected chi connectivity index (χ0v) is 25.3. The zero-order valence-electron chi connectivity index (χ0n) is 25.3. The second-order valence-corrected chi connectivity index (χ2v) is 10.5. The lowest BCUT2D eigenvalue weighted by Gasteiger charge is -2.23. The van der Waals surface area contributed by atoms with Gasteiger partial charge < -0.3 is 20.7 Å². The maximum absolute atomic E-state index is 13.6. The largest absolute Gasteiger partial charge is 0.467 e. The summed E-state index contributed by atoms with van der Waals surface area (Å²) in [7, 11) is 1.18. The number of alkyl halides is 3. The molecule has 248 valence electrons. The van der Waals surface area contributed by atoms with Crippen LogP contribution in [0.4, 0.5) is 24.5 Å². The Balaban J connectivity index is 1.59. The number of hydrogen-bond donors (Lipinski definition) is 3. The normalized spacial score (nSPS) is 12.2. The first-order chi connectivity index (χ1) is 22.9.